The lowest BCUT2D eigenvalue weighted by Crippen LogP contribution is -2.59. The van der Waals surface area contributed by atoms with Gasteiger partial charge in [0.1, 0.15) is 17.4 Å². The lowest BCUT2D eigenvalue weighted by atomic mass is 9.99. The van der Waals surface area contributed by atoms with Crippen LogP contribution < -0.4 is 15.4 Å². The van der Waals surface area contributed by atoms with Crippen molar-refractivity contribution in [2.75, 3.05) is 30.8 Å². The highest BCUT2D eigenvalue weighted by Gasteiger charge is 2.51. The summed E-state index contributed by atoms with van der Waals surface area (Å²) in [7, 11) is -1.96. The van der Waals surface area contributed by atoms with Gasteiger partial charge in [0, 0.05) is 54.4 Å². The second kappa shape index (κ2) is 9.13. The third-order valence-electron chi connectivity index (χ3n) is 7.48. The molecule has 0 aromatic carbocycles. The van der Waals surface area contributed by atoms with Crippen molar-refractivity contribution in [2.24, 2.45) is 5.92 Å². The molecule has 3 aromatic heterocycles. The zero-order valence-corrected chi connectivity index (χ0v) is 21.5. The van der Waals surface area contributed by atoms with Crippen LogP contribution in [0.5, 0.6) is 5.75 Å². The molecule has 194 valence electrons. The number of piperidine rings is 1. The number of H-pyrrole nitrogens is 1. The van der Waals surface area contributed by atoms with Gasteiger partial charge in [-0.3, -0.25) is 10.1 Å². The van der Waals surface area contributed by atoms with Crippen LogP contribution in [-0.4, -0.2) is 75.5 Å². The van der Waals surface area contributed by atoms with Gasteiger partial charge >= 0.3 is 0 Å². The van der Waals surface area contributed by atoms with Gasteiger partial charge < -0.3 is 15.4 Å². The second-order valence-corrected chi connectivity index (χ2v) is 11.9. The van der Waals surface area contributed by atoms with Crippen molar-refractivity contribution in [3.8, 4) is 11.8 Å². The van der Waals surface area contributed by atoms with Crippen LogP contribution in [0.4, 0.5) is 17.5 Å². The minimum absolute atomic E-state index is 0.0528. The molecule has 13 heteroatoms. The topological polar surface area (TPSA) is 152 Å². The molecule has 0 saturated carbocycles. The first-order chi connectivity index (χ1) is 17.8. The normalized spacial score (nSPS) is 24.5. The van der Waals surface area contributed by atoms with Crippen LogP contribution in [0, 0.1) is 24.2 Å². The predicted octanol–water partition coefficient (Wildman–Crippen LogP) is 2.52. The average molecular weight is 524 g/mol. The summed E-state index contributed by atoms with van der Waals surface area (Å²) in [5.41, 5.74) is 1.68. The highest BCUT2D eigenvalue weighted by atomic mass is 32.2. The molecule has 3 saturated heterocycles. The standard InChI is InChI=1S/C24H29N9O3S/c1-14-5-23(31-30-14)28-22-9-21-20(8-19(36-2)11-26-21)24(29-22)27-16-6-17-3-4-18(7-16)33(17)37(34,35)32-12-15(10-25)13-32/h5,8-9,11,15-18H,3-4,6-7,12-13H2,1-2H3,(H3,27,28,29,30,31)/t16?,17-,18+. The van der Waals surface area contributed by atoms with E-state index in [-0.39, 0.29) is 37.1 Å². The van der Waals surface area contributed by atoms with Crippen molar-refractivity contribution >= 4 is 38.6 Å². The summed E-state index contributed by atoms with van der Waals surface area (Å²) in [4.78, 5) is 9.40. The molecule has 3 N–H and O–H groups in total. The molecule has 2 bridgehead atoms. The van der Waals surface area contributed by atoms with E-state index < -0.39 is 10.2 Å². The van der Waals surface area contributed by atoms with Crippen molar-refractivity contribution in [3.05, 3.63) is 30.1 Å². The van der Waals surface area contributed by atoms with E-state index in [0.717, 1.165) is 29.4 Å². The number of pyridine rings is 2. The average Bonchev–Trinajstić information content (AvgIpc) is 3.38. The molecule has 3 atom stereocenters. The molecule has 37 heavy (non-hydrogen) atoms. The number of nitrogens with zero attached hydrogens (tertiary/aromatic N) is 6. The van der Waals surface area contributed by atoms with E-state index >= 15 is 0 Å². The van der Waals surface area contributed by atoms with Crippen LogP contribution in [0.1, 0.15) is 31.4 Å². The number of fused-ring (bicyclic) bond motifs is 3. The maximum Gasteiger partial charge on any atom is 0.282 e. The number of aryl methyl sites for hydroxylation is 1. The summed E-state index contributed by atoms with van der Waals surface area (Å²) in [6.07, 6.45) is 4.71. The number of rotatable bonds is 7. The van der Waals surface area contributed by atoms with Crippen LogP contribution in [0.25, 0.3) is 10.9 Å². The zero-order valence-electron chi connectivity index (χ0n) is 20.7. The van der Waals surface area contributed by atoms with E-state index in [4.69, 9.17) is 15.0 Å². The first-order valence-electron chi connectivity index (χ1n) is 12.4. The summed E-state index contributed by atoms with van der Waals surface area (Å²) < 4.78 is 35.1. The number of nitriles is 1. The van der Waals surface area contributed by atoms with Gasteiger partial charge in [-0.05, 0) is 38.7 Å². The Morgan fingerprint density at radius 1 is 1.16 bits per heavy atom. The van der Waals surface area contributed by atoms with E-state index in [1.54, 1.807) is 17.6 Å². The largest absolute Gasteiger partial charge is 0.495 e. The summed E-state index contributed by atoms with van der Waals surface area (Å²) in [5, 5.41) is 23.9. The Morgan fingerprint density at radius 2 is 1.92 bits per heavy atom. The van der Waals surface area contributed by atoms with Gasteiger partial charge in [0.2, 0.25) is 0 Å². The number of aromatic amines is 1. The molecule has 0 spiro atoms. The SMILES string of the molecule is COc1cnc2cc(Nc3cc(C)[nH]n3)nc(NC3C[C@H]4CC[C@@H](C3)N4S(=O)(=O)N3CC(C#N)C3)c2c1. The molecule has 6 heterocycles. The van der Waals surface area contributed by atoms with Crippen molar-refractivity contribution < 1.29 is 13.2 Å². The van der Waals surface area contributed by atoms with Crippen LogP contribution >= 0.6 is 0 Å². The number of ether oxygens (including phenoxy) is 1. The maximum absolute atomic E-state index is 13.3. The van der Waals surface area contributed by atoms with Gasteiger partial charge in [-0.1, -0.05) is 0 Å². The molecule has 1 unspecified atom stereocenters. The van der Waals surface area contributed by atoms with Crippen molar-refractivity contribution in [2.45, 2.75) is 50.7 Å². The van der Waals surface area contributed by atoms with E-state index in [1.165, 1.54) is 4.31 Å². The fourth-order valence-electron chi connectivity index (χ4n) is 5.67. The van der Waals surface area contributed by atoms with Crippen molar-refractivity contribution in [3.63, 3.8) is 0 Å². The Labute approximate surface area is 215 Å². The molecule has 6 rings (SSSR count). The fraction of sp³-hybridized carbons (Fsp3) is 0.500. The first-order valence-corrected chi connectivity index (χ1v) is 13.8. The smallest absolute Gasteiger partial charge is 0.282 e. The maximum atomic E-state index is 13.3. The summed E-state index contributed by atoms with van der Waals surface area (Å²) in [5.74, 6) is 2.35. The predicted molar refractivity (Wildman–Crippen MR) is 138 cm³/mol. The van der Waals surface area contributed by atoms with E-state index in [2.05, 4.69) is 31.9 Å². The molecule has 3 fully saturated rings. The minimum Gasteiger partial charge on any atom is -0.495 e. The Morgan fingerprint density at radius 3 is 2.57 bits per heavy atom. The van der Waals surface area contributed by atoms with Gasteiger partial charge in [-0.25, -0.2) is 4.98 Å². The molecule has 0 radical (unpaired) electrons. The van der Waals surface area contributed by atoms with Gasteiger partial charge in [0.15, 0.2) is 5.82 Å². The molecule has 0 amide bonds. The summed E-state index contributed by atoms with van der Waals surface area (Å²) in [6, 6.07) is 7.73. The molecular weight excluding hydrogens is 494 g/mol. The Balaban J connectivity index is 1.25. The molecule has 0 aliphatic carbocycles. The van der Waals surface area contributed by atoms with E-state index in [0.29, 0.717) is 36.0 Å². The Kier molecular flexibility index (Phi) is 5.89. The number of methoxy groups -OCH3 is 1. The molecule has 3 aromatic rings. The molecule has 12 nitrogen and oxygen atoms in total. The number of hydrogen-bond acceptors (Lipinski definition) is 9. The molecule has 3 aliphatic heterocycles. The highest BCUT2D eigenvalue weighted by molar-refractivity contribution is 7.86. The van der Waals surface area contributed by atoms with Gasteiger partial charge in [-0.15, -0.1) is 0 Å². The first kappa shape index (κ1) is 23.9. The lowest BCUT2D eigenvalue weighted by Gasteiger charge is -2.44. The van der Waals surface area contributed by atoms with Gasteiger partial charge in [-0.2, -0.15) is 27.4 Å². The van der Waals surface area contributed by atoms with E-state index in [9.17, 15) is 8.42 Å². The number of nitrogens with one attached hydrogen (secondary N) is 3. The fourth-order valence-corrected chi connectivity index (χ4v) is 7.81. The highest BCUT2D eigenvalue weighted by Crippen LogP contribution is 2.41. The van der Waals surface area contributed by atoms with Gasteiger partial charge in [0.25, 0.3) is 10.2 Å². The van der Waals surface area contributed by atoms with E-state index in [1.807, 2.05) is 25.1 Å². The van der Waals surface area contributed by atoms with Crippen LogP contribution in [-0.2, 0) is 10.2 Å². The molecule has 3 aliphatic rings. The van der Waals surface area contributed by atoms with Crippen molar-refractivity contribution in [1.29, 1.82) is 5.26 Å². The number of anilines is 3. The second-order valence-electron chi connectivity index (χ2n) is 10.0. The van der Waals surface area contributed by atoms with Gasteiger partial charge in [0.05, 0.1) is 30.8 Å². The number of hydrogen-bond donors (Lipinski definition) is 3. The third-order valence-corrected chi connectivity index (χ3v) is 9.56. The van der Waals surface area contributed by atoms with Crippen molar-refractivity contribution in [1.82, 2.24) is 28.8 Å². The Hall–Kier alpha value is -3.47. The van der Waals surface area contributed by atoms with Crippen LogP contribution in [0.3, 0.4) is 0 Å². The quantitative estimate of drug-likeness (QED) is 0.424. The summed E-state index contributed by atoms with van der Waals surface area (Å²) >= 11 is 0. The zero-order chi connectivity index (χ0) is 25.7. The summed E-state index contributed by atoms with van der Waals surface area (Å²) in [6.45, 7) is 2.50. The number of aromatic nitrogens is 4. The monoisotopic (exact) mass is 523 g/mol. The Bertz CT molecular complexity index is 1460. The molecular formula is C24H29N9O3S. The lowest BCUT2D eigenvalue weighted by molar-refractivity contribution is 0.182. The van der Waals surface area contributed by atoms with Crippen LogP contribution in [0.15, 0.2) is 24.4 Å². The third kappa shape index (κ3) is 4.35. The minimum atomic E-state index is -3.56. The van der Waals surface area contributed by atoms with Crippen LogP contribution in [0.2, 0.25) is 0 Å².